The predicted octanol–water partition coefficient (Wildman–Crippen LogP) is 3.57. The topological polar surface area (TPSA) is 54.9 Å². The largest absolute Gasteiger partial charge is 0.325 e. The van der Waals surface area contributed by atoms with E-state index in [1.165, 1.54) is 11.8 Å². The van der Waals surface area contributed by atoms with Crippen LogP contribution in [-0.4, -0.2) is 21.6 Å². The third-order valence-electron chi connectivity index (χ3n) is 2.54. The zero-order valence-electron chi connectivity index (χ0n) is 11.7. The number of thiazole rings is 1. The van der Waals surface area contributed by atoms with E-state index in [0.29, 0.717) is 5.75 Å². The minimum atomic E-state index is -0.0336. The predicted molar refractivity (Wildman–Crippen MR) is 84.4 cm³/mol. The van der Waals surface area contributed by atoms with E-state index in [1.54, 1.807) is 35.9 Å². The van der Waals surface area contributed by atoms with Crippen LogP contribution in [0.15, 0.2) is 34.2 Å². The lowest BCUT2D eigenvalue weighted by Crippen LogP contribution is -2.14. The number of thioether (sulfide) groups is 1. The summed E-state index contributed by atoms with van der Waals surface area (Å²) in [5.74, 6) is 0.327. The van der Waals surface area contributed by atoms with E-state index in [-0.39, 0.29) is 11.3 Å². The Morgan fingerprint density at radius 1 is 1.35 bits per heavy atom. The van der Waals surface area contributed by atoms with Crippen molar-refractivity contribution in [3.63, 3.8) is 0 Å². The van der Waals surface area contributed by atoms with Crippen LogP contribution in [0.1, 0.15) is 26.5 Å². The molecule has 2 aromatic heterocycles. The number of pyridine rings is 1. The monoisotopic (exact) mass is 307 g/mol. The Kier molecular flexibility index (Phi) is 4.77. The zero-order chi connectivity index (χ0) is 14.6. The number of amides is 1. The van der Waals surface area contributed by atoms with Crippen molar-refractivity contribution in [2.24, 2.45) is 0 Å². The molecule has 0 atom stereocenters. The maximum absolute atomic E-state index is 11.8. The molecular formula is C14H17N3OS2. The normalized spacial score (nSPS) is 11.3. The molecule has 20 heavy (non-hydrogen) atoms. The van der Waals surface area contributed by atoms with Gasteiger partial charge in [0, 0.05) is 28.9 Å². The van der Waals surface area contributed by atoms with Crippen LogP contribution in [0.25, 0.3) is 0 Å². The quantitative estimate of drug-likeness (QED) is 0.877. The van der Waals surface area contributed by atoms with Crippen molar-refractivity contribution >= 4 is 34.7 Å². The molecular weight excluding hydrogens is 290 g/mol. The molecule has 2 rings (SSSR count). The summed E-state index contributed by atoms with van der Waals surface area (Å²) in [5, 5.41) is 4.88. The number of aromatic nitrogens is 2. The summed E-state index contributed by atoms with van der Waals surface area (Å²) in [5.41, 5.74) is 1.88. The fourth-order valence-electron chi connectivity index (χ4n) is 1.43. The fourth-order valence-corrected chi connectivity index (χ4v) is 3.28. The van der Waals surface area contributed by atoms with Crippen LogP contribution in [0.3, 0.4) is 0 Å². The number of nitrogens with zero attached hydrogens (tertiary/aromatic N) is 2. The van der Waals surface area contributed by atoms with E-state index in [0.717, 1.165) is 15.7 Å². The van der Waals surface area contributed by atoms with Gasteiger partial charge in [0.15, 0.2) is 4.34 Å². The minimum Gasteiger partial charge on any atom is -0.325 e. The summed E-state index contributed by atoms with van der Waals surface area (Å²) in [6.45, 7) is 6.39. The number of carbonyl (C=O) groups excluding carboxylic acids is 1. The Hall–Kier alpha value is -1.40. The first-order valence-corrected chi connectivity index (χ1v) is 8.10. The Bertz CT molecular complexity index is 576. The number of anilines is 1. The second-order valence-corrected chi connectivity index (χ2v) is 7.40. The van der Waals surface area contributed by atoms with Gasteiger partial charge in [0.25, 0.3) is 0 Å². The summed E-state index contributed by atoms with van der Waals surface area (Å²) < 4.78 is 0.930. The van der Waals surface area contributed by atoms with Crippen LogP contribution in [-0.2, 0) is 10.2 Å². The summed E-state index contributed by atoms with van der Waals surface area (Å²) in [6.07, 6.45) is 3.30. The molecule has 106 valence electrons. The average Bonchev–Trinajstić information content (AvgIpc) is 2.86. The number of rotatable bonds is 4. The fraction of sp³-hybridized carbons (Fsp3) is 0.357. The molecule has 0 aromatic carbocycles. The third-order valence-corrected chi connectivity index (χ3v) is 4.56. The van der Waals surface area contributed by atoms with Gasteiger partial charge in [-0.3, -0.25) is 9.78 Å². The molecule has 4 nitrogen and oxygen atoms in total. The van der Waals surface area contributed by atoms with E-state index in [1.807, 2.05) is 0 Å². The summed E-state index contributed by atoms with van der Waals surface area (Å²) >= 11 is 3.05. The molecule has 2 heterocycles. The molecule has 0 aliphatic heterocycles. The van der Waals surface area contributed by atoms with Crippen molar-refractivity contribution in [1.82, 2.24) is 9.97 Å². The molecule has 1 N–H and O–H groups in total. The summed E-state index contributed by atoms with van der Waals surface area (Å²) in [7, 11) is 0. The van der Waals surface area contributed by atoms with Crippen LogP contribution < -0.4 is 5.32 Å². The molecule has 2 aromatic rings. The van der Waals surface area contributed by atoms with Crippen LogP contribution in [0.2, 0.25) is 0 Å². The van der Waals surface area contributed by atoms with E-state index >= 15 is 0 Å². The number of nitrogens with one attached hydrogen (secondary N) is 1. The zero-order valence-corrected chi connectivity index (χ0v) is 13.3. The van der Waals surface area contributed by atoms with Crippen molar-refractivity contribution in [1.29, 1.82) is 0 Å². The Balaban J connectivity index is 1.86. The lowest BCUT2D eigenvalue weighted by Gasteiger charge is -2.14. The van der Waals surface area contributed by atoms with E-state index in [4.69, 9.17) is 0 Å². The summed E-state index contributed by atoms with van der Waals surface area (Å²) in [6, 6.07) is 3.54. The standard InChI is InChI=1S/C14H17N3OS2/c1-14(2,3)11-8-19-13(17-11)20-9-12(18)16-10-4-6-15-7-5-10/h4-8H,9H2,1-3H3,(H,15,16,18). The Labute approximate surface area is 127 Å². The molecule has 0 bridgehead atoms. The van der Waals surface area contributed by atoms with Crippen molar-refractivity contribution in [2.75, 3.05) is 11.1 Å². The molecule has 0 fully saturated rings. The third kappa shape index (κ3) is 4.31. The smallest absolute Gasteiger partial charge is 0.234 e. The van der Waals surface area contributed by atoms with E-state index in [9.17, 15) is 4.79 Å². The highest BCUT2D eigenvalue weighted by Gasteiger charge is 2.17. The number of hydrogen-bond donors (Lipinski definition) is 1. The van der Waals surface area contributed by atoms with Gasteiger partial charge in [-0.25, -0.2) is 4.98 Å². The van der Waals surface area contributed by atoms with Gasteiger partial charge in [0.1, 0.15) is 0 Å². The number of hydrogen-bond acceptors (Lipinski definition) is 5. The minimum absolute atomic E-state index is 0.0336. The van der Waals surface area contributed by atoms with Crippen LogP contribution in [0, 0.1) is 0 Å². The highest BCUT2D eigenvalue weighted by atomic mass is 32.2. The van der Waals surface area contributed by atoms with E-state index < -0.39 is 0 Å². The van der Waals surface area contributed by atoms with Gasteiger partial charge >= 0.3 is 0 Å². The number of carbonyl (C=O) groups is 1. The van der Waals surface area contributed by atoms with Gasteiger partial charge in [0.05, 0.1) is 11.4 Å². The summed E-state index contributed by atoms with van der Waals surface area (Å²) in [4.78, 5) is 20.3. The van der Waals surface area contributed by atoms with Crippen LogP contribution >= 0.6 is 23.1 Å². The highest BCUT2D eigenvalue weighted by molar-refractivity contribution is 8.01. The van der Waals surface area contributed by atoms with Gasteiger partial charge in [-0.15, -0.1) is 11.3 Å². The second kappa shape index (κ2) is 6.37. The molecule has 0 radical (unpaired) electrons. The van der Waals surface area contributed by atoms with Gasteiger partial charge in [0.2, 0.25) is 5.91 Å². The molecule has 0 spiro atoms. The SMILES string of the molecule is CC(C)(C)c1csc(SCC(=O)Nc2ccncc2)n1. The van der Waals surface area contributed by atoms with Crippen LogP contribution in [0.4, 0.5) is 5.69 Å². The van der Waals surface area contributed by atoms with Crippen molar-refractivity contribution in [3.05, 3.63) is 35.6 Å². The lowest BCUT2D eigenvalue weighted by molar-refractivity contribution is -0.113. The molecule has 0 aliphatic rings. The van der Waals surface area contributed by atoms with Crippen molar-refractivity contribution in [2.45, 2.75) is 30.5 Å². The van der Waals surface area contributed by atoms with Gasteiger partial charge in [-0.2, -0.15) is 0 Å². The average molecular weight is 307 g/mol. The molecule has 1 amide bonds. The molecule has 0 saturated heterocycles. The molecule has 0 saturated carbocycles. The van der Waals surface area contributed by atoms with E-state index in [2.05, 4.69) is 41.4 Å². The Morgan fingerprint density at radius 3 is 2.65 bits per heavy atom. The Morgan fingerprint density at radius 2 is 2.05 bits per heavy atom. The molecule has 0 unspecified atom stereocenters. The van der Waals surface area contributed by atoms with Gasteiger partial charge in [-0.05, 0) is 12.1 Å². The highest BCUT2D eigenvalue weighted by Crippen LogP contribution is 2.29. The maximum atomic E-state index is 11.8. The van der Waals surface area contributed by atoms with Gasteiger partial charge < -0.3 is 5.32 Å². The first-order valence-electron chi connectivity index (χ1n) is 6.24. The lowest BCUT2D eigenvalue weighted by atomic mass is 9.93. The van der Waals surface area contributed by atoms with Crippen molar-refractivity contribution < 1.29 is 4.79 Å². The first kappa shape index (κ1) is 15.0. The first-order chi connectivity index (χ1) is 9.45. The molecule has 6 heteroatoms. The molecule has 0 aliphatic carbocycles. The van der Waals surface area contributed by atoms with Crippen molar-refractivity contribution in [3.8, 4) is 0 Å². The van der Waals surface area contributed by atoms with Crippen LogP contribution in [0.5, 0.6) is 0 Å². The van der Waals surface area contributed by atoms with Gasteiger partial charge in [-0.1, -0.05) is 32.5 Å². The maximum Gasteiger partial charge on any atom is 0.234 e. The second-order valence-electron chi connectivity index (χ2n) is 5.32.